The first-order chi connectivity index (χ1) is 13.9. The van der Waals surface area contributed by atoms with Crippen molar-refractivity contribution in [2.45, 2.75) is 25.4 Å². The van der Waals surface area contributed by atoms with E-state index < -0.39 is 5.66 Å². The number of hydrogen-bond acceptors (Lipinski definition) is 4. The van der Waals surface area contributed by atoms with Crippen LogP contribution in [0.5, 0.6) is 0 Å². The fourth-order valence-electron chi connectivity index (χ4n) is 3.79. The van der Waals surface area contributed by atoms with E-state index >= 15 is 0 Å². The van der Waals surface area contributed by atoms with Crippen molar-refractivity contribution in [2.24, 2.45) is 4.99 Å². The summed E-state index contributed by atoms with van der Waals surface area (Å²) >= 11 is 5.94. The summed E-state index contributed by atoms with van der Waals surface area (Å²) in [5.41, 5.74) is 2.52. The van der Waals surface area contributed by atoms with Gasteiger partial charge in [-0.3, -0.25) is 19.5 Å². The van der Waals surface area contributed by atoms with Crippen molar-refractivity contribution >= 4 is 34.8 Å². The van der Waals surface area contributed by atoms with E-state index in [9.17, 15) is 9.59 Å². The maximum atomic E-state index is 12.5. The molecule has 150 valence electrons. The van der Waals surface area contributed by atoms with Crippen LogP contribution < -0.4 is 10.6 Å². The van der Waals surface area contributed by atoms with Crippen molar-refractivity contribution in [1.29, 1.82) is 0 Å². The number of aryl methyl sites for hydroxylation is 1. The number of carbonyl (C=O) groups is 2. The van der Waals surface area contributed by atoms with Crippen LogP contribution >= 0.6 is 11.6 Å². The zero-order valence-corrected chi connectivity index (χ0v) is 17.0. The number of piperidine rings is 1. The molecule has 29 heavy (non-hydrogen) atoms. The summed E-state index contributed by atoms with van der Waals surface area (Å²) in [5, 5.41) is 6.65. The van der Waals surface area contributed by atoms with Crippen LogP contribution in [0.15, 0.2) is 53.5 Å². The van der Waals surface area contributed by atoms with Crippen LogP contribution in [0.2, 0.25) is 5.02 Å². The molecule has 0 aliphatic carbocycles. The third-order valence-electron chi connectivity index (χ3n) is 5.47. The lowest BCUT2D eigenvalue weighted by molar-refractivity contribution is -0.119. The van der Waals surface area contributed by atoms with Gasteiger partial charge in [-0.25, -0.2) is 0 Å². The summed E-state index contributed by atoms with van der Waals surface area (Å²) in [6, 6.07) is 14.9. The molecule has 1 spiro atoms. The molecule has 7 heteroatoms. The van der Waals surface area contributed by atoms with Crippen LogP contribution in [0.1, 0.15) is 24.0 Å². The Bertz CT molecular complexity index is 963. The van der Waals surface area contributed by atoms with Crippen molar-refractivity contribution in [3.8, 4) is 0 Å². The van der Waals surface area contributed by atoms with Gasteiger partial charge in [0.2, 0.25) is 5.91 Å². The van der Waals surface area contributed by atoms with E-state index in [1.807, 2.05) is 43.3 Å². The number of amides is 2. The van der Waals surface area contributed by atoms with Gasteiger partial charge in [0.1, 0.15) is 11.4 Å². The Kier molecular flexibility index (Phi) is 5.39. The lowest BCUT2D eigenvalue weighted by Gasteiger charge is -2.36. The van der Waals surface area contributed by atoms with Gasteiger partial charge in [-0.15, -0.1) is 0 Å². The Balaban J connectivity index is 1.36. The van der Waals surface area contributed by atoms with Crippen LogP contribution in [0.4, 0.5) is 5.69 Å². The predicted octanol–water partition coefficient (Wildman–Crippen LogP) is 3.00. The lowest BCUT2D eigenvalue weighted by atomic mass is 9.98. The molecule has 2 aliphatic heterocycles. The number of para-hydroxylation sites is 1. The molecule has 2 heterocycles. The molecule has 2 amide bonds. The third kappa shape index (κ3) is 4.33. The minimum absolute atomic E-state index is 0.0314. The SMILES string of the molecule is Cc1ccccc1NC(=O)CN1CCC2(CC1)N=C(c1ccc(Cl)cc1)C(=O)N2. The largest absolute Gasteiger partial charge is 0.326 e. The molecule has 0 bridgehead atoms. The van der Waals surface area contributed by atoms with E-state index in [1.54, 1.807) is 12.1 Å². The standard InChI is InChI=1S/C22H23ClN4O2/c1-15-4-2-3-5-18(15)24-19(28)14-27-12-10-22(11-13-27)25-20(21(29)26-22)16-6-8-17(23)9-7-16/h2-9H,10-14H2,1H3,(H,24,28)(H,26,29). The van der Waals surface area contributed by atoms with E-state index in [0.29, 0.717) is 43.2 Å². The van der Waals surface area contributed by atoms with Crippen molar-refractivity contribution in [3.63, 3.8) is 0 Å². The number of nitrogens with one attached hydrogen (secondary N) is 2. The number of rotatable bonds is 4. The summed E-state index contributed by atoms with van der Waals surface area (Å²) in [4.78, 5) is 31.7. The molecule has 2 aliphatic rings. The van der Waals surface area contributed by atoms with Gasteiger partial charge < -0.3 is 10.6 Å². The summed E-state index contributed by atoms with van der Waals surface area (Å²) in [6.07, 6.45) is 1.35. The van der Waals surface area contributed by atoms with Crippen LogP contribution in [0, 0.1) is 6.92 Å². The van der Waals surface area contributed by atoms with E-state index in [1.165, 1.54) is 0 Å². The molecule has 0 saturated carbocycles. The number of aliphatic imine (C=N–C) groups is 1. The van der Waals surface area contributed by atoms with Gasteiger partial charge in [0, 0.05) is 42.2 Å². The molecule has 2 aromatic rings. The number of halogens is 1. The average Bonchev–Trinajstić information content (AvgIpc) is 3.02. The van der Waals surface area contributed by atoms with Crippen LogP contribution in [0.25, 0.3) is 0 Å². The van der Waals surface area contributed by atoms with Gasteiger partial charge in [-0.2, -0.15) is 0 Å². The molecular weight excluding hydrogens is 388 g/mol. The van der Waals surface area contributed by atoms with Gasteiger partial charge in [0.15, 0.2) is 0 Å². The van der Waals surface area contributed by atoms with E-state index in [2.05, 4.69) is 15.5 Å². The Hall–Kier alpha value is -2.70. The Morgan fingerprint density at radius 2 is 1.86 bits per heavy atom. The fraction of sp³-hybridized carbons (Fsp3) is 0.318. The van der Waals surface area contributed by atoms with Gasteiger partial charge in [0.25, 0.3) is 5.91 Å². The third-order valence-corrected chi connectivity index (χ3v) is 5.73. The minimum Gasteiger partial charge on any atom is -0.326 e. The number of carbonyl (C=O) groups excluding carboxylic acids is 2. The van der Waals surface area contributed by atoms with Crippen molar-refractivity contribution in [1.82, 2.24) is 10.2 Å². The monoisotopic (exact) mass is 410 g/mol. The Morgan fingerprint density at radius 3 is 2.55 bits per heavy atom. The molecule has 6 nitrogen and oxygen atoms in total. The summed E-state index contributed by atoms with van der Waals surface area (Å²) < 4.78 is 0. The maximum absolute atomic E-state index is 12.5. The highest BCUT2D eigenvalue weighted by atomic mass is 35.5. The minimum atomic E-state index is -0.574. The first-order valence-corrected chi connectivity index (χ1v) is 10.1. The fourth-order valence-corrected chi connectivity index (χ4v) is 3.92. The molecule has 4 rings (SSSR count). The number of anilines is 1. The zero-order valence-electron chi connectivity index (χ0n) is 16.2. The van der Waals surface area contributed by atoms with Gasteiger partial charge in [0.05, 0.1) is 6.54 Å². The molecule has 0 aromatic heterocycles. The Morgan fingerprint density at radius 1 is 1.17 bits per heavy atom. The number of hydrogen-bond donors (Lipinski definition) is 2. The number of benzene rings is 2. The molecule has 0 radical (unpaired) electrons. The molecule has 0 unspecified atom stereocenters. The summed E-state index contributed by atoms with van der Waals surface area (Å²) in [5.74, 6) is -0.186. The average molecular weight is 411 g/mol. The topological polar surface area (TPSA) is 73.8 Å². The van der Waals surface area contributed by atoms with Crippen LogP contribution in [-0.2, 0) is 9.59 Å². The van der Waals surface area contributed by atoms with Gasteiger partial charge in [-0.1, -0.05) is 41.9 Å². The molecule has 1 saturated heterocycles. The van der Waals surface area contributed by atoms with Crippen LogP contribution in [-0.4, -0.2) is 47.7 Å². The molecular formula is C22H23ClN4O2. The second-order valence-electron chi connectivity index (χ2n) is 7.59. The van der Waals surface area contributed by atoms with Crippen molar-refractivity contribution < 1.29 is 9.59 Å². The van der Waals surface area contributed by atoms with E-state index in [-0.39, 0.29) is 11.8 Å². The van der Waals surface area contributed by atoms with Crippen LogP contribution in [0.3, 0.4) is 0 Å². The highest BCUT2D eigenvalue weighted by molar-refractivity contribution is 6.47. The first kappa shape index (κ1) is 19.6. The van der Waals surface area contributed by atoms with Crippen molar-refractivity contribution in [3.05, 3.63) is 64.7 Å². The highest BCUT2D eigenvalue weighted by Gasteiger charge is 2.42. The number of nitrogens with zero attached hydrogens (tertiary/aromatic N) is 2. The van der Waals surface area contributed by atoms with E-state index in [4.69, 9.17) is 16.6 Å². The highest BCUT2D eigenvalue weighted by Crippen LogP contribution is 2.29. The molecule has 1 fully saturated rings. The Labute approximate surface area is 175 Å². The zero-order chi connectivity index (χ0) is 20.4. The second-order valence-corrected chi connectivity index (χ2v) is 8.03. The second kappa shape index (κ2) is 7.97. The molecule has 2 N–H and O–H groups in total. The quantitative estimate of drug-likeness (QED) is 0.813. The van der Waals surface area contributed by atoms with Gasteiger partial charge in [-0.05, 0) is 30.7 Å². The maximum Gasteiger partial charge on any atom is 0.272 e. The summed E-state index contributed by atoms with van der Waals surface area (Å²) in [6.45, 7) is 3.68. The predicted molar refractivity (Wildman–Crippen MR) is 114 cm³/mol. The van der Waals surface area contributed by atoms with Crippen molar-refractivity contribution in [2.75, 3.05) is 25.0 Å². The molecule has 0 atom stereocenters. The first-order valence-electron chi connectivity index (χ1n) is 9.70. The summed E-state index contributed by atoms with van der Waals surface area (Å²) in [7, 11) is 0. The normalized spacial score (nSPS) is 18.4. The lowest BCUT2D eigenvalue weighted by Crippen LogP contribution is -2.52. The van der Waals surface area contributed by atoms with Gasteiger partial charge >= 0.3 is 0 Å². The smallest absolute Gasteiger partial charge is 0.272 e. The van der Waals surface area contributed by atoms with E-state index in [0.717, 1.165) is 16.8 Å². The molecule has 2 aromatic carbocycles. The number of likely N-dealkylation sites (tertiary alicyclic amines) is 1.